The third-order valence-corrected chi connectivity index (χ3v) is 37.4. The number of nitrogens with zero attached hydrogens (tertiary/aromatic N) is 2. The van der Waals surface area contributed by atoms with E-state index in [1.807, 2.05) is 0 Å². The van der Waals surface area contributed by atoms with E-state index < -0.39 is 32.9 Å². The Morgan fingerprint density at radius 2 is 0.579 bits per heavy atom. The summed E-state index contributed by atoms with van der Waals surface area (Å²) in [5, 5.41) is 0. The summed E-state index contributed by atoms with van der Waals surface area (Å²) in [6, 6.07) is 0. The van der Waals surface area contributed by atoms with Gasteiger partial charge in [-0.15, -0.1) is 0 Å². The van der Waals surface area contributed by atoms with Crippen LogP contribution in [0, 0.1) is 0 Å². The number of hydrogen-bond donors (Lipinski definition) is 0. The van der Waals surface area contributed by atoms with E-state index >= 15 is 0 Å². The summed E-state index contributed by atoms with van der Waals surface area (Å²) in [5.41, 5.74) is 0. The van der Waals surface area contributed by atoms with Crippen molar-refractivity contribution in [3.8, 4) is 0 Å². The third kappa shape index (κ3) is 6.91. The molecule has 0 rings (SSSR count). The van der Waals surface area contributed by atoms with Crippen molar-refractivity contribution >= 4 is 54.4 Å². The van der Waals surface area contributed by atoms with Crippen LogP contribution in [0.25, 0.3) is 0 Å². The van der Waals surface area contributed by atoms with E-state index in [1.54, 1.807) is 0 Å². The Bertz CT molecular complexity index is 239. The van der Waals surface area contributed by atoms with Gasteiger partial charge in [-0.2, -0.15) is 0 Å². The fourth-order valence-electron chi connectivity index (χ4n) is 2.58. The molecule has 0 aliphatic heterocycles. The molecule has 0 N–H and O–H groups in total. The van der Waals surface area contributed by atoms with Crippen molar-refractivity contribution in [2.24, 2.45) is 0 Å². The average molecular weight is 448 g/mol. The normalized spacial score (nSPS) is 15.5. The van der Waals surface area contributed by atoms with Crippen molar-refractivity contribution in [1.82, 2.24) is 4.96 Å². The molecule has 7 heteroatoms. The molecule has 0 aromatic heterocycles. The van der Waals surface area contributed by atoms with Crippen molar-refractivity contribution < 1.29 is 0 Å². The van der Waals surface area contributed by atoms with Crippen molar-refractivity contribution in [2.75, 3.05) is 0 Å². The molecule has 0 heterocycles. The van der Waals surface area contributed by atoms with Crippen LogP contribution < -0.4 is 0 Å². The molecule has 0 fully saturated rings. The van der Waals surface area contributed by atoms with Gasteiger partial charge in [0.25, 0.3) is 0 Å². The Labute approximate surface area is 137 Å². The Kier molecular flexibility index (Phi) is 6.89. The van der Waals surface area contributed by atoms with Crippen LogP contribution in [0.5, 0.6) is 0 Å². The van der Waals surface area contributed by atoms with Crippen molar-refractivity contribution in [3.05, 3.63) is 0 Å². The van der Waals surface area contributed by atoms with Gasteiger partial charge in [0, 0.05) is 0 Å². The van der Waals surface area contributed by atoms with E-state index in [1.165, 1.54) is 0 Å². The van der Waals surface area contributed by atoms with Crippen LogP contribution in [0.3, 0.4) is 0 Å². The standard InChI is InChI=1S/C12H36N2Si4Te/c1-15(2,3)13(16(4,5)6)19-14(17(7,8)9)18(10,11)12/h1-12H3/q+1. The molecular weight excluding hydrogens is 412 g/mol. The van der Waals surface area contributed by atoms with Gasteiger partial charge in [0.15, 0.2) is 0 Å². The molecule has 0 amide bonds. The number of rotatable bonds is 6. The molecule has 115 valence electrons. The first-order chi connectivity index (χ1) is 7.97. The molecule has 0 bridgehead atoms. The molecule has 0 saturated carbocycles. The second-order valence-electron chi connectivity index (χ2n) is 9.35. The monoisotopic (exact) mass is 450 g/mol. The third-order valence-electron chi connectivity index (χ3n) is 2.60. The first-order valence-electron chi connectivity index (χ1n) is 7.26. The zero-order chi connectivity index (χ0) is 15.9. The van der Waals surface area contributed by atoms with Crippen LogP contribution in [0.15, 0.2) is 0 Å². The summed E-state index contributed by atoms with van der Waals surface area (Å²) < 4.78 is 6.14. The Morgan fingerprint density at radius 1 is 0.421 bits per heavy atom. The van der Waals surface area contributed by atoms with Crippen molar-refractivity contribution in [3.63, 3.8) is 0 Å². The summed E-state index contributed by atoms with van der Waals surface area (Å²) >= 11 is -0.168. The topological polar surface area (TPSA) is 6.48 Å². The molecule has 0 atom stereocenters. The van der Waals surface area contributed by atoms with Gasteiger partial charge in [0.05, 0.1) is 0 Å². The Hall–Kier alpha value is 1.58. The van der Waals surface area contributed by atoms with Gasteiger partial charge in [0.1, 0.15) is 0 Å². The van der Waals surface area contributed by atoms with E-state index in [9.17, 15) is 0 Å². The maximum absolute atomic E-state index is 3.07. The van der Waals surface area contributed by atoms with E-state index in [2.05, 4.69) is 83.5 Å². The summed E-state index contributed by atoms with van der Waals surface area (Å²) in [4.78, 5) is 0. The zero-order valence-electron chi connectivity index (χ0n) is 15.3. The van der Waals surface area contributed by atoms with Crippen LogP contribution in [0.4, 0.5) is 0 Å². The first-order valence-corrected chi connectivity index (χ1v) is 23.1. The molecule has 0 aliphatic carbocycles. The Morgan fingerprint density at radius 3 is 0.684 bits per heavy atom. The van der Waals surface area contributed by atoms with E-state index in [0.717, 1.165) is 0 Å². The van der Waals surface area contributed by atoms with Crippen LogP contribution in [-0.2, 0) is 0 Å². The van der Waals surface area contributed by atoms with Crippen molar-refractivity contribution in [2.45, 2.75) is 78.6 Å². The number of hydrogen-bond acceptors (Lipinski definition) is 2. The molecule has 0 unspecified atom stereocenters. The molecule has 19 heavy (non-hydrogen) atoms. The predicted octanol–water partition coefficient (Wildman–Crippen LogP) is 4.46. The summed E-state index contributed by atoms with van der Waals surface area (Å²) in [5.74, 6) is 0. The van der Waals surface area contributed by atoms with Gasteiger partial charge in [-0.3, -0.25) is 0 Å². The minimum absolute atomic E-state index is 0.168. The van der Waals surface area contributed by atoms with E-state index in [-0.39, 0.29) is 21.5 Å². The second kappa shape index (κ2) is 6.37. The van der Waals surface area contributed by atoms with Crippen LogP contribution in [0.1, 0.15) is 0 Å². The van der Waals surface area contributed by atoms with Gasteiger partial charge >= 0.3 is 138 Å². The molecule has 0 aliphatic rings. The fourth-order valence-corrected chi connectivity index (χ4v) is 32.9. The molecular formula is C12H36N2Si4Te+. The maximum atomic E-state index is 3.07. The zero-order valence-corrected chi connectivity index (χ0v) is 21.6. The van der Waals surface area contributed by atoms with Crippen LogP contribution >= 0.6 is 0 Å². The summed E-state index contributed by atoms with van der Waals surface area (Å²) in [6.45, 7) is 30.5. The van der Waals surface area contributed by atoms with Crippen molar-refractivity contribution in [1.29, 1.82) is 0 Å². The van der Waals surface area contributed by atoms with Crippen LogP contribution in [0.2, 0.25) is 78.6 Å². The van der Waals surface area contributed by atoms with Gasteiger partial charge in [0.2, 0.25) is 0 Å². The fraction of sp³-hybridized carbons (Fsp3) is 1.00. The molecule has 0 aromatic rings. The molecule has 2 nitrogen and oxygen atoms in total. The quantitative estimate of drug-likeness (QED) is 0.554. The summed E-state index contributed by atoms with van der Waals surface area (Å²) in [7, 11) is -4.75. The van der Waals surface area contributed by atoms with Gasteiger partial charge in [-0.1, -0.05) is 0 Å². The van der Waals surface area contributed by atoms with Gasteiger partial charge in [-0.05, 0) is 0 Å². The van der Waals surface area contributed by atoms with E-state index in [0.29, 0.717) is 0 Å². The Balaban J connectivity index is 5.43. The van der Waals surface area contributed by atoms with Gasteiger partial charge < -0.3 is 0 Å². The average Bonchev–Trinajstić information content (AvgIpc) is 1.91. The molecule has 0 spiro atoms. The summed E-state index contributed by atoms with van der Waals surface area (Å²) in [6.07, 6.45) is 0. The van der Waals surface area contributed by atoms with Gasteiger partial charge in [-0.25, -0.2) is 0 Å². The second-order valence-corrected chi connectivity index (χ2v) is 36.0. The minimum atomic E-state index is -1.19. The SMILES string of the molecule is C[Si](C)(C)N([Te+]N([Si](C)(C)C)[Si](C)(C)C)[Si](C)(C)C. The first kappa shape index (κ1) is 20.6. The van der Waals surface area contributed by atoms with Crippen LogP contribution in [-0.4, -0.2) is 59.4 Å². The van der Waals surface area contributed by atoms with E-state index in [4.69, 9.17) is 0 Å². The molecule has 0 aromatic carbocycles. The molecule has 1 radical (unpaired) electrons. The molecule has 0 saturated heterocycles. The predicted molar refractivity (Wildman–Crippen MR) is 103 cm³/mol.